The third kappa shape index (κ3) is 6.98. The van der Waals surface area contributed by atoms with Crippen LogP contribution in [0.5, 0.6) is 0 Å². The van der Waals surface area contributed by atoms with Gasteiger partial charge in [0.2, 0.25) is 5.91 Å². The van der Waals surface area contributed by atoms with E-state index in [1.807, 2.05) is 0 Å². The van der Waals surface area contributed by atoms with Crippen LogP contribution in [0, 0.1) is 29.6 Å². The Kier molecular flexibility index (Phi) is 9.19. The zero-order valence-corrected chi connectivity index (χ0v) is 21.4. The van der Waals surface area contributed by atoms with Gasteiger partial charge < -0.3 is 10.6 Å². The van der Waals surface area contributed by atoms with E-state index in [1.165, 1.54) is 0 Å². The highest BCUT2D eigenvalue weighted by Gasteiger charge is 2.40. The second kappa shape index (κ2) is 11.9. The Bertz CT molecular complexity index is 695. The molecule has 0 bridgehead atoms. The Morgan fingerprint density at radius 2 is 1.91 bits per heavy atom. The normalized spacial score (nSPS) is 41.9. The van der Waals surface area contributed by atoms with Gasteiger partial charge in [-0.1, -0.05) is 0 Å². The van der Waals surface area contributed by atoms with Crippen LogP contribution in [-0.2, 0) is 4.79 Å². The fourth-order valence-electron chi connectivity index (χ4n) is 6.62. The van der Waals surface area contributed by atoms with Gasteiger partial charge in [-0.05, 0) is 88.4 Å². The standard InChI is InChI=1S/C25H41Cl2FN4O/c1-15-20(5-7-23(28)32-15)18-9-17(14-30-24-3-2-8-29-24)10-19(12-18)25(33)31-13-16-4-6-21(26)22(27)11-16/h15-23,32H,2-14H2,1H3,(H,29,30)(H,31,33). The summed E-state index contributed by atoms with van der Waals surface area (Å²) in [5.41, 5.74) is 0. The van der Waals surface area contributed by atoms with Crippen molar-refractivity contribution in [3.63, 3.8) is 0 Å². The summed E-state index contributed by atoms with van der Waals surface area (Å²) in [6.07, 6.45) is 8.48. The molecule has 33 heavy (non-hydrogen) atoms. The van der Waals surface area contributed by atoms with Crippen LogP contribution in [-0.4, -0.2) is 54.5 Å². The molecule has 0 aromatic carbocycles. The summed E-state index contributed by atoms with van der Waals surface area (Å²) in [5, 5.41) is 9.97. The van der Waals surface area contributed by atoms with Gasteiger partial charge in [-0.3, -0.25) is 15.1 Å². The van der Waals surface area contributed by atoms with Crippen molar-refractivity contribution in [2.45, 2.75) is 94.2 Å². The molecule has 3 fully saturated rings. The van der Waals surface area contributed by atoms with E-state index in [-0.39, 0.29) is 28.6 Å². The van der Waals surface area contributed by atoms with E-state index < -0.39 is 6.30 Å². The number of amidine groups is 1. The lowest BCUT2D eigenvalue weighted by molar-refractivity contribution is -0.127. The maximum Gasteiger partial charge on any atom is 0.223 e. The smallest absolute Gasteiger partial charge is 0.223 e. The van der Waals surface area contributed by atoms with Crippen LogP contribution < -0.4 is 16.0 Å². The number of carbonyl (C=O) groups excluding carboxylic acids is 1. The maximum absolute atomic E-state index is 13.9. The van der Waals surface area contributed by atoms with Crippen LogP contribution in [0.4, 0.5) is 4.39 Å². The second-order valence-electron chi connectivity index (χ2n) is 11.0. The number of halogens is 3. The highest BCUT2D eigenvalue weighted by atomic mass is 35.5. The van der Waals surface area contributed by atoms with Gasteiger partial charge in [-0.2, -0.15) is 0 Å². The molecule has 8 heteroatoms. The van der Waals surface area contributed by atoms with Gasteiger partial charge in [-0.25, -0.2) is 4.39 Å². The molecule has 2 saturated carbocycles. The fourth-order valence-corrected chi connectivity index (χ4v) is 7.23. The first kappa shape index (κ1) is 25.5. The Hall–Kier alpha value is -0.590. The van der Waals surface area contributed by atoms with Crippen molar-refractivity contribution >= 4 is 34.9 Å². The van der Waals surface area contributed by atoms with Gasteiger partial charge in [-0.15, -0.1) is 23.2 Å². The van der Waals surface area contributed by atoms with Crippen molar-refractivity contribution in [1.29, 1.82) is 0 Å². The second-order valence-corrected chi connectivity index (χ2v) is 12.1. The molecule has 4 rings (SSSR count). The lowest BCUT2D eigenvalue weighted by Gasteiger charge is -2.43. The predicted molar refractivity (Wildman–Crippen MR) is 134 cm³/mol. The van der Waals surface area contributed by atoms with Crippen molar-refractivity contribution in [1.82, 2.24) is 16.0 Å². The van der Waals surface area contributed by atoms with Crippen molar-refractivity contribution in [3.05, 3.63) is 0 Å². The van der Waals surface area contributed by atoms with E-state index in [9.17, 15) is 9.18 Å². The highest BCUT2D eigenvalue weighted by Crippen LogP contribution is 2.42. The molecule has 0 aromatic rings. The van der Waals surface area contributed by atoms with Crippen molar-refractivity contribution in [3.8, 4) is 0 Å². The number of alkyl halides is 3. The molecule has 3 N–H and O–H groups in total. The van der Waals surface area contributed by atoms with Crippen molar-refractivity contribution in [2.24, 2.45) is 34.6 Å². The molecule has 4 aliphatic rings. The summed E-state index contributed by atoms with van der Waals surface area (Å²) in [5.74, 6) is 3.05. The minimum atomic E-state index is -0.898. The van der Waals surface area contributed by atoms with E-state index in [0.717, 1.165) is 76.7 Å². The number of rotatable bonds is 6. The predicted octanol–water partition coefficient (Wildman–Crippen LogP) is 4.62. The zero-order chi connectivity index (χ0) is 23.4. The molecule has 1 amide bonds. The highest BCUT2D eigenvalue weighted by molar-refractivity contribution is 6.30. The molecule has 2 heterocycles. The maximum atomic E-state index is 13.9. The van der Waals surface area contributed by atoms with E-state index in [2.05, 4.69) is 27.9 Å². The van der Waals surface area contributed by atoms with E-state index in [1.54, 1.807) is 0 Å². The van der Waals surface area contributed by atoms with Gasteiger partial charge in [0.1, 0.15) is 0 Å². The minimum absolute atomic E-state index is 0.00467. The number of hydrogen-bond donors (Lipinski definition) is 3. The zero-order valence-electron chi connectivity index (χ0n) is 19.9. The monoisotopic (exact) mass is 502 g/mol. The first-order valence-corrected chi connectivity index (χ1v) is 14.0. The number of nitrogens with one attached hydrogen (secondary N) is 3. The Labute approximate surface area is 208 Å². The molecule has 0 spiro atoms. The van der Waals surface area contributed by atoms with Gasteiger partial charge >= 0.3 is 0 Å². The molecule has 2 aliphatic carbocycles. The molecule has 9 atom stereocenters. The number of aliphatic imine (C=N–C) groups is 1. The molecule has 1 saturated heterocycles. The third-order valence-electron chi connectivity index (χ3n) is 8.49. The number of hydrogen-bond acceptors (Lipinski definition) is 4. The van der Waals surface area contributed by atoms with Crippen LogP contribution in [0.25, 0.3) is 0 Å². The molecule has 0 aromatic heterocycles. The Morgan fingerprint density at radius 3 is 2.64 bits per heavy atom. The summed E-state index contributed by atoms with van der Waals surface area (Å²) in [4.78, 5) is 17.8. The van der Waals surface area contributed by atoms with Crippen LogP contribution >= 0.6 is 23.2 Å². The van der Waals surface area contributed by atoms with Gasteiger partial charge in [0, 0.05) is 43.4 Å². The topological polar surface area (TPSA) is 65.5 Å². The number of amides is 1. The third-order valence-corrected chi connectivity index (χ3v) is 9.63. The number of carbonyl (C=O) groups is 1. The SMILES string of the molecule is CC1NC(F)CCC1C1CC(CNC2=NCCC2)CC(C(=O)NCC2CCC(Cl)C(Cl)C2)C1. The fraction of sp³-hybridized carbons (Fsp3) is 0.920. The minimum Gasteiger partial charge on any atom is -0.374 e. The number of nitrogens with zero attached hydrogens (tertiary/aromatic N) is 1. The lowest BCUT2D eigenvalue weighted by Crippen LogP contribution is -2.49. The van der Waals surface area contributed by atoms with Crippen LogP contribution in [0.3, 0.4) is 0 Å². The summed E-state index contributed by atoms with van der Waals surface area (Å²) in [6.45, 7) is 4.60. The number of piperidine rings is 1. The molecular formula is C25H41Cl2FN4O. The molecule has 9 unspecified atom stereocenters. The first-order valence-electron chi connectivity index (χ1n) is 13.1. The molecule has 2 aliphatic heterocycles. The average Bonchev–Trinajstić information content (AvgIpc) is 3.32. The van der Waals surface area contributed by atoms with E-state index in [4.69, 9.17) is 23.2 Å². The van der Waals surface area contributed by atoms with Gasteiger partial charge in [0.05, 0.1) is 11.2 Å². The summed E-state index contributed by atoms with van der Waals surface area (Å²) >= 11 is 12.6. The Balaban J connectivity index is 1.35. The molecule has 0 radical (unpaired) electrons. The largest absolute Gasteiger partial charge is 0.374 e. The van der Waals surface area contributed by atoms with Crippen LogP contribution in [0.15, 0.2) is 4.99 Å². The molecule has 5 nitrogen and oxygen atoms in total. The van der Waals surface area contributed by atoms with E-state index >= 15 is 0 Å². The van der Waals surface area contributed by atoms with Crippen LogP contribution in [0.2, 0.25) is 0 Å². The van der Waals surface area contributed by atoms with Gasteiger partial charge in [0.15, 0.2) is 6.30 Å². The quantitative estimate of drug-likeness (QED) is 0.366. The summed E-state index contributed by atoms with van der Waals surface area (Å²) in [6, 6.07) is 0.153. The van der Waals surface area contributed by atoms with Crippen molar-refractivity contribution in [2.75, 3.05) is 19.6 Å². The first-order chi connectivity index (χ1) is 15.9. The van der Waals surface area contributed by atoms with Crippen LogP contribution in [0.1, 0.15) is 71.1 Å². The van der Waals surface area contributed by atoms with Crippen molar-refractivity contribution < 1.29 is 9.18 Å². The van der Waals surface area contributed by atoms with E-state index in [0.29, 0.717) is 36.6 Å². The summed E-state index contributed by atoms with van der Waals surface area (Å²) < 4.78 is 13.9. The van der Waals surface area contributed by atoms with Gasteiger partial charge in [0.25, 0.3) is 0 Å². The average molecular weight is 504 g/mol. The molecule has 188 valence electrons. The Morgan fingerprint density at radius 1 is 1.06 bits per heavy atom. The summed E-state index contributed by atoms with van der Waals surface area (Å²) in [7, 11) is 0. The molecular weight excluding hydrogens is 462 g/mol. The lowest BCUT2D eigenvalue weighted by atomic mass is 9.66.